The van der Waals surface area contributed by atoms with Gasteiger partial charge in [0, 0.05) is 6.04 Å². The first-order valence-corrected chi connectivity index (χ1v) is 11.3. The highest BCUT2D eigenvalue weighted by Gasteiger charge is 2.45. The summed E-state index contributed by atoms with van der Waals surface area (Å²) < 4.78 is 0. The van der Waals surface area contributed by atoms with Crippen LogP contribution in [0.3, 0.4) is 0 Å². The van der Waals surface area contributed by atoms with E-state index in [1.165, 1.54) is 38.5 Å². The number of unbranched alkanes of at least 4 members (excludes halogenated alkanes) is 11. The normalized spacial score (nSPS) is 14.5. The third-order valence-corrected chi connectivity index (χ3v) is 5.80. The van der Waals surface area contributed by atoms with Crippen molar-refractivity contribution in [3.8, 4) is 0 Å². The molecule has 0 aromatic rings. The number of carbonyl (C=O) groups is 2. The van der Waals surface area contributed by atoms with Crippen molar-refractivity contribution in [1.82, 2.24) is 0 Å². The Morgan fingerprint density at radius 1 is 0.821 bits per heavy atom. The molecule has 0 aliphatic rings. The van der Waals surface area contributed by atoms with Gasteiger partial charge >= 0.3 is 11.9 Å². The van der Waals surface area contributed by atoms with Crippen molar-refractivity contribution < 1.29 is 19.8 Å². The van der Waals surface area contributed by atoms with Crippen LogP contribution in [0.2, 0.25) is 0 Å². The van der Waals surface area contributed by atoms with Gasteiger partial charge in [0.25, 0.3) is 0 Å². The average molecular weight is 401 g/mol. The SMILES string of the molecule is CCCCCCCCCCCCC(CC(=O)O)(C(=O)O)C(N)CCCCCN. The quantitative estimate of drug-likeness (QED) is 0.220. The summed E-state index contributed by atoms with van der Waals surface area (Å²) >= 11 is 0. The minimum atomic E-state index is -1.37. The van der Waals surface area contributed by atoms with Crippen LogP contribution in [-0.4, -0.2) is 34.7 Å². The van der Waals surface area contributed by atoms with E-state index in [1.54, 1.807) is 0 Å². The molecule has 0 aromatic carbocycles. The average Bonchev–Trinajstić information content (AvgIpc) is 2.65. The Kier molecular flexibility index (Phi) is 16.1. The molecule has 28 heavy (non-hydrogen) atoms. The second kappa shape index (κ2) is 16.8. The minimum absolute atomic E-state index is 0.336. The molecule has 0 aliphatic heterocycles. The van der Waals surface area contributed by atoms with Gasteiger partial charge in [0.05, 0.1) is 11.8 Å². The molecule has 0 aromatic heterocycles. The lowest BCUT2D eigenvalue weighted by atomic mass is 9.72. The summed E-state index contributed by atoms with van der Waals surface area (Å²) in [5.74, 6) is -2.16. The number of rotatable bonds is 20. The summed E-state index contributed by atoms with van der Waals surface area (Å²) in [7, 11) is 0. The molecule has 2 unspecified atom stereocenters. The highest BCUT2D eigenvalue weighted by molar-refractivity contribution is 5.82. The summed E-state index contributed by atoms with van der Waals surface area (Å²) in [5, 5.41) is 19.1. The first-order chi connectivity index (χ1) is 13.4. The lowest BCUT2D eigenvalue weighted by molar-refractivity contribution is -0.158. The first-order valence-electron chi connectivity index (χ1n) is 11.3. The van der Waals surface area contributed by atoms with Crippen LogP contribution in [0.1, 0.15) is 110 Å². The van der Waals surface area contributed by atoms with Crippen molar-refractivity contribution >= 4 is 11.9 Å². The van der Waals surface area contributed by atoms with Gasteiger partial charge in [0.1, 0.15) is 0 Å². The molecule has 0 radical (unpaired) electrons. The molecule has 6 nitrogen and oxygen atoms in total. The Labute approximate surface area is 171 Å². The molecule has 0 saturated carbocycles. The number of carboxylic acid groups (broad SMARTS) is 2. The van der Waals surface area contributed by atoms with Crippen LogP contribution < -0.4 is 11.5 Å². The zero-order valence-electron chi connectivity index (χ0n) is 18.0. The van der Waals surface area contributed by atoms with Gasteiger partial charge in [0.15, 0.2) is 0 Å². The van der Waals surface area contributed by atoms with Gasteiger partial charge in [-0.15, -0.1) is 0 Å². The Balaban J connectivity index is 4.41. The topological polar surface area (TPSA) is 127 Å². The van der Waals surface area contributed by atoms with E-state index in [1.807, 2.05) is 0 Å². The molecule has 166 valence electrons. The number of hydrogen-bond donors (Lipinski definition) is 4. The molecule has 0 saturated heterocycles. The monoisotopic (exact) mass is 400 g/mol. The molecule has 6 heteroatoms. The van der Waals surface area contributed by atoms with E-state index in [-0.39, 0.29) is 0 Å². The van der Waals surface area contributed by atoms with Gasteiger partial charge in [-0.1, -0.05) is 84.0 Å². The summed E-state index contributed by atoms with van der Waals surface area (Å²) in [4.78, 5) is 23.4. The van der Waals surface area contributed by atoms with Crippen LogP contribution in [0.25, 0.3) is 0 Å². The van der Waals surface area contributed by atoms with E-state index in [0.29, 0.717) is 25.8 Å². The van der Waals surface area contributed by atoms with E-state index < -0.39 is 29.8 Å². The predicted molar refractivity (Wildman–Crippen MR) is 114 cm³/mol. The molecule has 0 amide bonds. The minimum Gasteiger partial charge on any atom is -0.481 e. The Morgan fingerprint density at radius 3 is 1.79 bits per heavy atom. The second-order valence-electron chi connectivity index (χ2n) is 8.21. The molecular weight excluding hydrogens is 356 g/mol. The molecule has 6 N–H and O–H groups in total. The maximum absolute atomic E-state index is 12.0. The van der Waals surface area contributed by atoms with Crippen molar-refractivity contribution in [3.05, 3.63) is 0 Å². The smallest absolute Gasteiger partial charge is 0.311 e. The maximum Gasteiger partial charge on any atom is 0.311 e. The van der Waals surface area contributed by atoms with Crippen LogP contribution >= 0.6 is 0 Å². The van der Waals surface area contributed by atoms with Crippen molar-refractivity contribution in [2.75, 3.05) is 6.54 Å². The zero-order chi connectivity index (χ0) is 21.3. The highest BCUT2D eigenvalue weighted by Crippen LogP contribution is 2.35. The number of aliphatic carboxylic acids is 2. The molecule has 0 rings (SSSR count). The third-order valence-electron chi connectivity index (χ3n) is 5.80. The Hall–Kier alpha value is -1.14. The molecule has 0 bridgehead atoms. The zero-order valence-corrected chi connectivity index (χ0v) is 18.0. The van der Waals surface area contributed by atoms with E-state index in [2.05, 4.69) is 6.92 Å². The summed E-state index contributed by atoms with van der Waals surface area (Å²) in [6, 6.07) is -0.641. The van der Waals surface area contributed by atoms with E-state index in [0.717, 1.165) is 38.5 Å². The van der Waals surface area contributed by atoms with E-state index in [4.69, 9.17) is 11.5 Å². The highest BCUT2D eigenvalue weighted by atomic mass is 16.4. The molecular formula is C22H44N2O4. The van der Waals surface area contributed by atoms with Crippen LogP contribution in [0.15, 0.2) is 0 Å². The molecule has 0 fully saturated rings. The van der Waals surface area contributed by atoms with Crippen LogP contribution in [0.4, 0.5) is 0 Å². The Morgan fingerprint density at radius 2 is 1.32 bits per heavy atom. The standard InChI is InChI=1S/C22H44N2O4/c1-2-3-4-5-6-7-8-9-10-13-16-22(21(27)28,18-20(25)26)19(24)15-12-11-14-17-23/h19H,2-18,23-24H2,1H3,(H,25,26)(H,27,28). The van der Waals surface area contributed by atoms with Crippen molar-refractivity contribution in [2.24, 2.45) is 16.9 Å². The summed E-state index contributed by atoms with van der Waals surface area (Å²) in [5.41, 5.74) is 10.4. The van der Waals surface area contributed by atoms with Crippen molar-refractivity contribution in [3.63, 3.8) is 0 Å². The number of nitrogens with two attached hydrogens (primary N) is 2. The summed E-state index contributed by atoms with van der Waals surface area (Å²) in [6.07, 6.45) is 14.6. The van der Waals surface area contributed by atoms with E-state index >= 15 is 0 Å². The third kappa shape index (κ3) is 11.6. The molecule has 0 heterocycles. The largest absolute Gasteiger partial charge is 0.481 e. The second-order valence-corrected chi connectivity index (χ2v) is 8.21. The molecule has 2 atom stereocenters. The molecule has 0 aliphatic carbocycles. The molecule has 0 spiro atoms. The summed E-state index contributed by atoms with van der Waals surface area (Å²) in [6.45, 7) is 2.82. The maximum atomic E-state index is 12.0. The lowest BCUT2D eigenvalue weighted by Gasteiger charge is -2.34. The van der Waals surface area contributed by atoms with Gasteiger partial charge in [-0.25, -0.2) is 0 Å². The number of hydrogen-bond acceptors (Lipinski definition) is 4. The van der Waals surface area contributed by atoms with Gasteiger partial charge < -0.3 is 21.7 Å². The van der Waals surface area contributed by atoms with Crippen LogP contribution in [0.5, 0.6) is 0 Å². The predicted octanol–water partition coefficient (Wildman–Crippen LogP) is 4.69. The number of carboxylic acids is 2. The van der Waals surface area contributed by atoms with Gasteiger partial charge in [-0.3, -0.25) is 9.59 Å². The fourth-order valence-corrected chi connectivity index (χ4v) is 3.91. The fourth-order valence-electron chi connectivity index (χ4n) is 3.91. The van der Waals surface area contributed by atoms with Crippen molar-refractivity contribution in [1.29, 1.82) is 0 Å². The first kappa shape index (κ1) is 26.9. The van der Waals surface area contributed by atoms with Crippen molar-refractivity contribution in [2.45, 2.75) is 116 Å². The lowest BCUT2D eigenvalue weighted by Crippen LogP contribution is -2.49. The Bertz CT molecular complexity index is 417. The van der Waals surface area contributed by atoms with Crippen LogP contribution in [-0.2, 0) is 9.59 Å². The van der Waals surface area contributed by atoms with Gasteiger partial charge in [0.2, 0.25) is 0 Å². The van der Waals surface area contributed by atoms with E-state index in [9.17, 15) is 19.8 Å². The fraction of sp³-hybridized carbons (Fsp3) is 0.909. The van der Waals surface area contributed by atoms with Crippen LogP contribution in [0, 0.1) is 5.41 Å². The van der Waals surface area contributed by atoms with Gasteiger partial charge in [-0.2, -0.15) is 0 Å². The van der Waals surface area contributed by atoms with Gasteiger partial charge in [-0.05, 0) is 25.8 Å².